The van der Waals surface area contributed by atoms with Crippen LogP contribution < -0.4 is 0 Å². The molecule has 0 N–H and O–H groups in total. The SMILES string of the molecule is COC(=O)C1CCN(C(=O)[C@@H]2CCCN(S(=O)(=O)Cc3ccc(Cl)cc3)C2)CC1. The number of carbonyl (C=O) groups is 2. The predicted molar refractivity (Wildman–Crippen MR) is 110 cm³/mol. The van der Waals surface area contributed by atoms with E-state index >= 15 is 0 Å². The van der Waals surface area contributed by atoms with Gasteiger partial charge in [0.15, 0.2) is 0 Å². The zero-order valence-corrected chi connectivity index (χ0v) is 18.1. The van der Waals surface area contributed by atoms with Crippen LogP contribution in [-0.4, -0.2) is 62.8 Å². The Morgan fingerprint density at radius 3 is 2.34 bits per heavy atom. The van der Waals surface area contributed by atoms with Crippen LogP contribution in [0.5, 0.6) is 0 Å². The summed E-state index contributed by atoms with van der Waals surface area (Å²) in [5.41, 5.74) is 0.674. The van der Waals surface area contributed by atoms with E-state index in [4.69, 9.17) is 16.3 Å². The molecule has 0 aromatic heterocycles. The van der Waals surface area contributed by atoms with Gasteiger partial charge in [0.2, 0.25) is 15.9 Å². The summed E-state index contributed by atoms with van der Waals surface area (Å²) in [6.07, 6.45) is 2.52. The molecule has 0 radical (unpaired) electrons. The summed E-state index contributed by atoms with van der Waals surface area (Å²) < 4.78 is 31.9. The van der Waals surface area contributed by atoms with Crippen molar-refractivity contribution < 1.29 is 22.7 Å². The van der Waals surface area contributed by atoms with Gasteiger partial charge in [-0.25, -0.2) is 12.7 Å². The third-order valence-electron chi connectivity index (χ3n) is 5.73. The van der Waals surface area contributed by atoms with E-state index in [-0.39, 0.29) is 36.0 Å². The van der Waals surface area contributed by atoms with E-state index in [1.165, 1.54) is 11.4 Å². The first-order valence-corrected chi connectivity index (χ1v) is 11.9. The van der Waals surface area contributed by atoms with E-state index < -0.39 is 10.0 Å². The van der Waals surface area contributed by atoms with Crippen molar-refractivity contribution >= 4 is 33.5 Å². The molecule has 0 spiro atoms. The van der Waals surface area contributed by atoms with Crippen molar-refractivity contribution in [1.82, 2.24) is 9.21 Å². The molecule has 3 rings (SSSR count). The van der Waals surface area contributed by atoms with Gasteiger partial charge in [-0.3, -0.25) is 9.59 Å². The lowest BCUT2D eigenvalue weighted by molar-refractivity contribution is -0.149. The number of rotatable bonds is 5. The van der Waals surface area contributed by atoms with Gasteiger partial charge in [0, 0.05) is 31.2 Å². The van der Waals surface area contributed by atoms with Gasteiger partial charge in [0.25, 0.3) is 0 Å². The standard InChI is InChI=1S/C20H27ClN2O5S/c1-28-20(25)16-8-11-22(12-9-16)19(24)17-3-2-10-23(13-17)29(26,27)14-15-4-6-18(21)7-5-15/h4-7,16-17H,2-3,8-14H2,1H3/t17-/m1/s1. The molecule has 0 saturated carbocycles. The maximum Gasteiger partial charge on any atom is 0.308 e. The molecule has 7 nitrogen and oxygen atoms in total. The van der Waals surface area contributed by atoms with Crippen molar-refractivity contribution in [3.05, 3.63) is 34.9 Å². The number of methoxy groups -OCH3 is 1. The number of amides is 1. The Balaban J connectivity index is 1.59. The second-order valence-corrected chi connectivity index (χ2v) is 10.1. The Kier molecular flexibility index (Phi) is 7.19. The fourth-order valence-electron chi connectivity index (χ4n) is 4.04. The molecule has 2 heterocycles. The molecule has 0 aliphatic carbocycles. The molecule has 2 aliphatic rings. The third-order valence-corrected chi connectivity index (χ3v) is 7.80. The number of piperidine rings is 2. The number of esters is 1. The number of nitrogens with zero attached hydrogens (tertiary/aromatic N) is 2. The van der Waals surface area contributed by atoms with E-state index in [2.05, 4.69) is 0 Å². The Labute approximate surface area is 177 Å². The number of ether oxygens (including phenoxy) is 1. The molecule has 1 aromatic carbocycles. The molecule has 2 fully saturated rings. The molecule has 1 aromatic rings. The molecular formula is C20H27ClN2O5S. The summed E-state index contributed by atoms with van der Waals surface area (Å²) in [5.74, 6) is -0.839. The van der Waals surface area contributed by atoms with E-state index in [1.807, 2.05) is 0 Å². The molecule has 2 saturated heterocycles. The van der Waals surface area contributed by atoms with Gasteiger partial charge in [-0.15, -0.1) is 0 Å². The van der Waals surface area contributed by atoms with Gasteiger partial charge in [0.05, 0.1) is 24.7 Å². The molecule has 0 unspecified atom stereocenters. The Bertz CT molecular complexity index is 835. The van der Waals surface area contributed by atoms with E-state index in [1.54, 1.807) is 29.2 Å². The highest BCUT2D eigenvalue weighted by molar-refractivity contribution is 7.88. The number of benzene rings is 1. The summed E-state index contributed by atoms with van der Waals surface area (Å²) in [6, 6.07) is 6.76. The lowest BCUT2D eigenvalue weighted by Crippen LogP contribution is -2.49. The topological polar surface area (TPSA) is 84.0 Å². The van der Waals surface area contributed by atoms with Gasteiger partial charge in [-0.1, -0.05) is 23.7 Å². The molecule has 9 heteroatoms. The van der Waals surface area contributed by atoms with Crippen LogP contribution in [0.4, 0.5) is 0 Å². The van der Waals surface area contributed by atoms with Crippen molar-refractivity contribution in [3.8, 4) is 0 Å². The fourth-order valence-corrected chi connectivity index (χ4v) is 5.78. The van der Waals surface area contributed by atoms with Gasteiger partial charge < -0.3 is 9.64 Å². The number of halogens is 1. The number of sulfonamides is 1. The van der Waals surface area contributed by atoms with Crippen molar-refractivity contribution in [2.75, 3.05) is 33.3 Å². The minimum atomic E-state index is -3.51. The lowest BCUT2D eigenvalue weighted by Gasteiger charge is -2.37. The highest BCUT2D eigenvalue weighted by Crippen LogP contribution is 2.26. The summed E-state index contributed by atoms with van der Waals surface area (Å²) in [6.45, 7) is 1.66. The molecule has 0 bridgehead atoms. The summed E-state index contributed by atoms with van der Waals surface area (Å²) in [7, 11) is -2.14. The van der Waals surface area contributed by atoms with E-state index in [0.29, 0.717) is 55.9 Å². The predicted octanol–water partition coefficient (Wildman–Crippen LogP) is 2.29. The van der Waals surface area contributed by atoms with Crippen LogP contribution in [0, 0.1) is 11.8 Å². The monoisotopic (exact) mass is 442 g/mol. The average molecular weight is 443 g/mol. The van der Waals surface area contributed by atoms with Crippen molar-refractivity contribution in [2.24, 2.45) is 11.8 Å². The highest BCUT2D eigenvalue weighted by Gasteiger charge is 2.36. The van der Waals surface area contributed by atoms with E-state index in [0.717, 1.165) is 0 Å². The summed E-state index contributed by atoms with van der Waals surface area (Å²) in [5, 5.41) is 0.561. The van der Waals surface area contributed by atoms with Crippen LogP contribution in [0.1, 0.15) is 31.2 Å². The van der Waals surface area contributed by atoms with Crippen LogP contribution in [0.25, 0.3) is 0 Å². The first-order chi connectivity index (χ1) is 13.8. The molecule has 1 amide bonds. The molecule has 29 heavy (non-hydrogen) atoms. The van der Waals surface area contributed by atoms with Crippen molar-refractivity contribution in [3.63, 3.8) is 0 Å². The van der Waals surface area contributed by atoms with Gasteiger partial charge in [-0.2, -0.15) is 0 Å². The highest BCUT2D eigenvalue weighted by atomic mass is 35.5. The van der Waals surface area contributed by atoms with Gasteiger partial charge >= 0.3 is 5.97 Å². The number of hydrogen-bond acceptors (Lipinski definition) is 5. The van der Waals surface area contributed by atoms with Crippen LogP contribution in [0.2, 0.25) is 5.02 Å². The summed E-state index contributed by atoms with van der Waals surface area (Å²) >= 11 is 5.87. The second kappa shape index (κ2) is 9.45. The first-order valence-electron chi connectivity index (χ1n) is 9.89. The minimum Gasteiger partial charge on any atom is -0.469 e. The Morgan fingerprint density at radius 1 is 1.07 bits per heavy atom. The van der Waals surface area contributed by atoms with Gasteiger partial charge in [0.1, 0.15) is 0 Å². The van der Waals surface area contributed by atoms with Crippen molar-refractivity contribution in [2.45, 2.75) is 31.4 Å². The van der Waals surface area contributed by atoms with Crippen LogP contribution in [0.3, 0.4) is 0 Å². The fraction of sp³-hybridized carbons (Fsp3) is 0.600. The quantitative estimate of drug-likeness (QED) is 0.653. The Hall–Kier alpha value is -1.64. The zero-order chi connectivity index (χ0) is 21.0. The number of carbonyl (C=O) groups excluding carboxylic acids is 2. The number of likely N-dealkylation sites (tertiary alicyclic amines) is 1. The maximum absolute atomic E-state index is 12.9. The third kappa shape index (κ3) is 5.49. The number of hydrogen-bond donors (Lipinski definition) is 0. The van der Waals surface area contributed by atoms with Crippen LogP contribution >= 0.6 is 11.6 Å². The second-order valence-electron chi connectivity index (χ2n) is 7.70. The van der Waals surface area contributed by atoms with Crippen LogP contribution in [0.15, 0.2) is 24.3 Å². The molecule has 1 atom stereocenters. The minimum absolute atomic E-state index is 0.0142. The van der Waals surface area contributed by atoms with E-state index in [9.17, 15) is 18.0 Å². The molecular weight excluding hydrogens is 416 g/mol. The zero-order valence-electron chi connectivity index (χ0n) is 16.5. The first kappa shape index (κ1) is 22.1. The normalized spacial score (nSPS) is 21.7. The van der Waals surface area contributed by atoms with Crippen LogP contribution in [-0.2, 0) is 30.1 Å². The van der Waals surface area contributed by atoms with Crippen molar-refractivity contribution in [1.29, 1.82) is 0 Å². The van der Waals surface area contributed by atoms with Gasteiger partial charge in [-0.05, 0) is 43.4 Å². The smallest absolute Gasteiger partial charge is 0.308 e. The molecule has 2 aliphatic heterocycles. The lowest BCUT2D eigenvalue weighted by atomic mass is 9.93. The average Bonchev–Trinajstić information content (AvgIpc) is 2.74. The summed E-state index contributed by atoms with van der Waals surface area (Å²) in [4.78, 5) is 26.4. The Morgan fingerprint density at radius 2 is 1.72 bits per heavy atom. The maximum atomic E-state index is 12.9. The molecule has 160 valence electrons. The largest absolute Gasteiger partial charge is 0.469 e.